The molecule has 0 unspecified atom stereocenters. The van der Waals surface area contributed by atoms with Crippen molar-refractivity contribution >= 4 is 59.8 Å². The number of anilines is 2. The highest BCUT2D eigenvalue weighted by Crippen LogP contribution is 2.34. The lowest BCUT2D eigenvalue weighted by Gasteiger charge is -2.09. The van der Waals surface area contributed by atoms with Crippen molar-refractivity contribution < 1.29 is 30.7 Å². The van der Waals surface area contributed by atoms with E-state index in [0.717, 1.165) is 18.2 Å². The molecule has 0 spiro atoms. The van der Waals surface area contributed by atoms with Crippen molar-refractivity contribution in [2.24, 2.45) is 16.0 Å². The monoisotopic (exact) mass is 465 g/mol. The predicted molar refractivity (Wildman–Crippen MR) is 112 cm³/mol. The van der Waals surface area contributed by atoms with E-state index in [1.54, 1.807) is 0 Å². The lowest BCUT2D eigenvalue weighted by molar-refractivity contribution is 0.259. The molecular weight excluding hydrogens is 450 g/mol. The molecule has 2 amide bonds. The molecular formula is C17H15N5O7S2. The second-order valence-corrected chi connectivity index (χ2v) is 8.99. The zero-order chi connectivity index (χ0) is 23.0. The number of carbonyl (C=O) groups is 1. The molecule has 3 aromatic carbocycles. The highest BCUT2D eigenvalue weighted by atomic mass is 32.2. The molecule has 0 fully saturated rings. The average Bonchev–Trinajstić information content (AvgIpc) is 2.64. The Morgan fingerprint density at radius 1 is 0.871 bits per heavy atom. The van der Waals surface area contributed by atoms with E-state index >= 15 is 0 Å². The Balaban J connectivity index is 2.24. The van der Waals surface area contributed by atoms with Crippen molar-refractivity contribution in [2.45, 2.75) is 9.79 Å². The third-order valence-electron chi connectivity index (χ3n) is 4.01. The van der Waals surface area contributed by atoms with E-state index in [0.29, 0.717) is 5.69 Å². The molecule has 162 valence electrons. The summed E-state index contributed by atoms with van der Waals surface area (Å²) in [5.41, 5.74) is 11.1. The SMILES string of the molecule is NC(=O)Nc1cc(N)ccc1/N=N/c1cc(S(=O)(=O)O)c2cccc(S(=O)(=O)O)c2c1. The summed E-state index contributed by atoms with van der Waals surface area (Å²) < 4.78 is 66.1. The van der Waals surface area contributed by atoms with Crippen LogP contribution >= 0.6 is 0 Å². The first-order chi connectivity index (χ1) is 14.4. The van der Waals surface area contributed by atoms with Crippen LogP contribution in [-0.2, 0) is 20.2 Å². The van der Waals surface area contributed by atoms with Gasteiger partial charge in [-0.25, -0.2) is 4.79 Å². The minimum absolute atomic E-state index is 0.101. The molecule has 0 saturated heterocycles. The van der Waals surface area contributed by atoms with Gasteiger partial charge in [-0.1, -0.05) is 12.1 Å². The number of hydrogen-bond acceptors (Lipinski definition) is 8. The van der Waals surface area contributed by atoms with Crippen LogP contribution in [0.2, 0.25) is 0 Å². The fourth-order valence-electron chi connectivity index (χ4n) is 2.79. The van der Waals surface area contributed by atoms with E-state index in [4.69, 9.17) is 11.5 Å². The number of primary amides is 1. The van der Waals surface area contributed by atoms with E-state index in [9.17, 15) is 30.7 Å². The maximum absolute atomic E-state index is 11.8. The molecule has 14 heteroatoms. The van der Waals surface area contributed by atoms with Crippen molar-refractivity contribution in [3.05, 3.63) is 48.5 Å². The number of carbonyl (C=O) groups excluding carboxylic acids is 1. The summed E-state index contributed by atoms with van der Waals surface area (Å²) in [7, 11) is -9.52. The third-order valence-corrected chi connectivity index (χ3v) is 5.82. The standard InChI is InChI=1S/C17H15N5O7S2/c18-9-4-5-13(14(6-9)20-17(19)23)22-21-10-7-12-11(16(8-10)31(27,28)29)2-1-3-15(12)30(24,25)26/h1-8H,18H2,(H3,19,20,23)(H,24,25,26)(H,27,28,29)/b22-21+. The molecule has 0 bridgehead atoms. The van der Waals surface area contributed by atoms with Crippen LogP contribution in [0, 0.1) is 0 Å². The van der Waals surface area contributed by atoms with Crippen molar-refractivity contribution in [3.8, 4) is 0 Å². The molecule has 0 atom stereocenters. The number of rotatable bonds is 5. The van der Waals surface area contributed by atoms with Gasteiger partial charge in [-0.2, -0.15) is 21.9 Å². The van der Waals surface area contributed by atoms with Gasteiger partial charge in [-0.15, -0.1) is 5.11 Å². The minimum Gasteiger partial charge on any atom is -0.399 e. The van der Waals surface area contributed by atoms with Gasteiger partial charge in [-0.3, -0.25) is 9.11 Å². The van der Waals surface area contributed by atoms with Gasteiger partial charge in [-0.05, 0) is 36.4 Å². The van der Waals surface area contributed by atoms with E-state index in [-0.39, 0.29) is 27.8 Å². The quantitative estimate of drug-likeness (QED) is 0.214. The number of urea groups is 1. The Morgan fingerprint density at radius 3 is 2.16 bits per heavy atom. The van der Waals surface area contributed by atoms with Crippen molar-refractivity contribution in [3.63, 3.8) is 0 Å². The van der Waals surface area contributed by atoms with Gasteiger partial charge in [0.15, 0.2) is 0 Å². The molecule has 0 aliphatic rings. The number of azo groups is 1. The van der Waals surface area contributed by atoms with Crippen molar-refractivity contribution in [2.75, 3.05) is 11.1 Å². The number of amides is 2. The lowest BCUT2D eigenvalue weighted by Crippen LogP contribution is -2.19. The van der Waals surface area contributed by atoms with Crippen LogP contribution in [-0.4, -0.2) is 32.0 Å². The Labute approximate surface area is 176 Å². The van der Waals surface area contributed by atoms with Gasteiger partial charge >= 0.3 is 6.03 Å². The number of hydrogen-bond donors (Lipinski definition) is 5. The fourth-order valence-corrected chi connectivity index (χ4v) is 4.21. The number of benzene rings is 3. The first-order valence-corrected chi connectivity index (χ1v) is 11.1. The molecule has 0 aromatic heterocycles. The second-order valence-electron chi connectivity index (χ2n) is 6.21. The van der Waals surface area contributed by atoms with E-state index in [1.807, 2.05) is 0 Å². The molecule has 12 nitrogen and oxygen atoms in total. The van der Waals surface area contributed by atoms with Crippen molar-refractivity contribution in [1.29, 1.82) is 0 Å². The van der Waals surface area contributed by atoms with E-state index < -0.39 is 36.1 Å². The summed E-state index contributed by atoms with van der Waals surface area (Å²) in [5.74, 6) is 0. The van der Waals surface area contributed by atoms with E-state index in [2.05, 4.69) is 15.5 Å². The summed E-state index contributed by atoms with van der Waals surface area (Å²) in [4.78, 5) is 9.93. The average molecular weight is 465 g/mol. The topological polar surface area (TPSA) is 215 Å². The van der Waals surface area contributed by atoms with Crippen LogP contribution in [0.4, 0.5) is 27.5 Å². The summed E-state index contributed by atoms with van der Waals surface area (Å²) in [6.45, 7) is 0. The largest absolute Gasteiger partial charge is 0.399 e. The van der Waals surface area contributed by atoms with Crippen LogP contribution in [0.15, 0.2) is 68.6 Å². The van der Waals surface area contributed by atoms with Crippen LogP contribution in [0.3, 0.4) is 0 Å². The summed E-state index contributed by atoms with van der Waals surface area (Å²) >= 11 is 0. The van der Waals surface area contributed by atoms with Crippen LogP contribution in [0.1, 0.15) is 0 Å². The molecule has 3 rings (SSSR count). The van der Waals surface area contributed by atoms with E-state index in [1.165, 1.54) is 30.3 Å². The van der Waals surface area contributed by atoms with Crippen LogP contribution < -0.4 is 16.8 Å². The summed E-state index contributed by atoms with van der Waals surface area (Å²) in [6, 6.07) is 8.97. The number of nitrogen functional groups attached to an aromatic ring is 1. The van der Waals surface area contributed by atoms with Gasteiger partial charge in [0.1, 0.15) is 15.5 Å². The van der Waals surface area contributed by atoms with Gasteiger partial charge in [0.2, 0.25) is 0 Å². The first kappa shape index (κ1) is 22.1. The Bertz CT molecular complexity index is 1450. The molecule has 31 heavy (non-hydrogen) atoms. The van der Waals surface area contributed by atoms with Crippen LogP contribution in [0.5, 0.6) is 0 Å². The highest BCUT2D eigenvalue weighted by molar-refractivity contribution is 7.86. The fraction of sp³-hybridized carbons (Fsp3) is 0. The molecule has 0 saturated carbocycles. The number of nitrogens with zero attached hydrogens (tertiary/aromatic N) is 2. The molecule has 0 aliphatic heterocycles. The maximum Gasteiger partial charge on any atom is 0.316 e. The summed E-state index contributed by atoms with van der Waals surface area (Å²) in [5, 5.41) is 9.71. The summed E-state index contributed by atoms with van der Waals surface area (Å²) in [6.07, 6.45) is 0. The number of nitrogens with one attached hydrogen (secondary N) is 1. The van der Waals surface area contributed by atoms with Gasteiger partial charge in [0.05, 0.1) is 11.4 Å². The zero-order valence-electron chi connectivity index (χ0n) is 15.4. The van der Waals surface area contributed by atoms with Crippen molar-refractivity contribution in [1.82, 2.24) is 0 Å². The third kappa shape index (κ3) is 4.95. The van der Waals surface area contributed by atoms with Gasteiger partial charge in [0.25, 0.3) is 20.2 Å². The smallest absolute Gasteiger partial charge is 0.316 e. The Hall–Kier alpha value is -3.59. The number of fused-ring (bicyclic) bond motifs is 1. The van der Waals surface area contributed by atoms with Gasteiger partial charge in [0, 0.05) is 16.5 Å². The maximum atomic E-state index is 11.8. The lowest BCUT2D eigenvalue weighted by atomic mass is 10.1. The number of nitrogens with two attached hydrogens (primary N) is 2. The van der Waals surface area contributed by atoms with Crippen LogP contribution in [0.25, 0.3) is 10.8 Å². The molecule has 7 N–H and O–H groups in total. The molecule has 0 radical (unpaired) electrons. The zero-order valence-corrected chi connectivity index (χ0v) is 17.1. The second kappa shape index (κ2) is 7.92. The first-order valence-electron chi connectivity index (χ1n) is 8.26. The highest BCUT2D eigenvalue weighted by Gasteiger charge is 2.21. The molecule has 0 heterocycles. The molecule has 0 aliphatic carbocycles. The minimum atomic E-state index is -4.79. The predicted octanol–water partition coefficient (Wildman–Crippen LogP) is 2.82. The van der Waals surface area contributed by atoms with Gasteiger partial charge < -0.3 is 16.8 Å². The Kier molecular flexibility index (Phi) is 5.64. The molecule has 3 aromatic rings. The normalized spacial score (nSPS) is 12.3. The Morgan fingerprint density at radius 2 is 1.55 bits per heavy atom.